The molecule has 38 heavy (non-hydrogen) atoms. The summed E-state index contributed by atoms with van der Waals surface area (Å²) in [6.07, 6.45) is 0. The molecule has 0 aliphatic carbocycles. The molecule has 0 atom stereocenters. The van der Waals surface area contributed by atoms with Crippen LogP contribution < -0.4 is 20.1 Å². The van der Waals surface area contributed by atoms with Gasteiger partial charge in [0.1, 0.15) is 11.5 Å². The van der Waals surface area contributed by atoms with Crippen molar-refractivity contribution in [1.29, 1.82) is 0 Å². The van der Waals surface area contributed by atoms with E-state index in [1.165, 1.54) is 11.8 Å². The molecule has 11 heteroatoms. The fourth-order valence-electron chi connectivity index (χ4n) is 3.59. The van der Waals surface area contributed by atoms with Crippen molar-refractivity contribution in [3.63, 3.8) is 0 Å². The quantitative estimate of drug-likeness (QED) is 0.270. The van der Waals surface area contributed by atoms with Crippen molar-refractivity contribution in [2.24, 2.45) is 0 Å². The Hall–Kier alpha value is -4.02. The monoisotopic (exact) mass is 551 g/mol. The van der Waals surface area contributed by atoms with Gasteiger partial charge in [-0.15, -0.1) is 10.2 Å². The van der Waals surface area contributed by atoms with Crippen molar-refractivity contribution in [2.45, 2.75) is 18.6 Å². The number of methoxy groups -OCH3 is 2. The van der Waals surface area contributed by atoms with Gasteiger partial charge in [0, 0.05) is 16.3 Å². The summed E-state index contributed by atoms with van der Waals surface area (Å²) in [6, 6.07) is 19.4. The molecule has 1 aromatic heterocycles. The van der Waals surface area contributed by atoms with E-state index in [-0.39, 0.29) is 24.1 Å². The van der Waals surface area contributed by atoms with E-state index in [0.717, 1.165) is 11.3 Å². The van der Waals surface area contributed by atoms with Crippen molar-refractivity contribution in [2.75, 3.05) is 25.3 Å². The first-order valence-corrected chi connectivity index (χ1v) is 12.9. The molecule has 0 bridgehead atoms. The van der Waals surface area contributed by atoms with Crippen LogP contribution >= 0.6 is 23.4 Å². The fraction of sp³-hybridized carbons (Fsp3) is 0.185. The molecule has 4 aromatic rings. The summed E-state index contributed by atoms with van der Waals surface area (Å²) in [7, 11) is 3.15. The first-order chi connectivity index (χ1) is 18.4. The molecule has 0 aliphatic heterocycles. The number of carbonyl (C=O) groups is 2. The standard InChI is InChI=1S/C27H26ClN5O4S/c1-17-22(28)5-4-6-23(17)33-24(15-29-26(35)18-7-11-20(36-2)12-8-18)31-32-27(33)38-16-25(34)30-19-9-13-21(37-3)14-10-19/h4-14H,15-16H2,1-3H3,(H,29,35)(H,30,34). The maximum absolute atomic E-state index is 12.7. The lowest BCUT2D eigenvalue weighted by Crippen LogP contribution is -2.24. The van der Waals surface area contributed by atoms with Gasteiger partial charge in [0.15, 0.2) is 11.0 Å². The Morgan fingerprint density at radius 1 is 0.947 bits per heavy atom. The SMILES string of the molecule is COc1ccc(NC(=O)CSc2nnc(CNC(=O)c3ccc(OC)cc3)n2-c2cccc(Cl)c2C)cc1. The molecule has 0 aliphatic rings. The van der Waals surface area contributed by atoms with E-state index in [4.69, 9.17) is 21.1 Å². The smallest absolute Gasteiger partial charge is 0.251 e. The zero-order valence-corrected chi connectivity index (χ0v) is 22.6. The molecule has 0 radical (unpaired) electrons. The lowest BCUT2D eigenvalue weighted by atomic mass is 10.2. The van der Waals surface area contributed by atoms with Crippen LogP contribution in [-0.4, -0.2) is 46.6 Å². The van der Waals surface area contributed by atoms with E-state index >= 15 is 0 Å². The number of hydrogen-bond donors (Lipinski definition) is 2. The van der Waals surface area contributed by atoms with Gasteiger partial charge in [-0.3, -0.25) is 14.2 Å². The third-order valence-corrected chi connectivity index (χ3v) is 6.98. The molecular weight excluding hydrogens is 526 g/mol. The van der Waals surface area contributed by atoms with E-state index in [0.29, 0.717) is 38.8 Å². The number of amides is 2. The van der Waals surface area contributed by atoms with Gasteiger partial charge in [0.25, 0.3) is 5.91 Å². The minimum absolute atomic E-state index is 0.0992. The second-order valence-corrected chi connectivity index (χ2v) is 9.44. The minimum Gasteiger partial charge on any atom is -0.497 e. The van der Waals surface area contributed by atoms with E-state index in [9.17, 15) is 9.59 Å². The summed E-state index contributed by atoms with van der Waals surface area (Å²) in [5.74, 6) is 1.49. The Kier molecular flexibility index (Phi) is 8.88. The summed E-state index contributed by atoms with van der Waals surface area (Å²) in [6.45, 7) is 2.00. The van der Waals surface area contributed by atoms with Gasteiger partial charge in [0.05, 0.1) is 32.2 Å². The molecule has 2 N–H and O–H groups in total. The fourth-order valence-corrected chi connectivity index (χ4v) is 4.53. The Morgan fingerprint density at radius 3 is 2.26 bits per heavy atom. The van der Waals surface area contributed by atoms with Gasteiger partial charge in [-0.1, -0.05) is 29.4 Å². The highest BCUT2D eigenvalue weighted by molar-refractivity contribution is 7.99. The second kappa shape index (κ2) is 12.5. The highest BCUT2D eigenvalue weighted by Crippen LogP contribution is 2.28. The predicted octanol–water partition coefficient (Wildman–Crippen LogP) is 4.91. The van der Waals surface area contributed by atoms with Crippen LogP contribution in [0, 0.1) is 6.92 Å². The van der Waals surface area contributed by atoms with Crippen LogP contribution in [0.3, 0.4) is 0 Å². The normalized spacial score (nSPS) is 10.6. The summed E-state index contributed by atoms with van der Waals surface area (Å²) in [4.78, 5) is 25.4. The number of anilines is 1. The van der Waals surface area contributed by atoms with Gasteiger partial charge < -0.3 is 20.1 Å². The third kappa shape index (κ3) is 6.45. The molecule has 4 rings (SSSR count). The Morgan fingerprint density at radius 2 is 1.61 bits per heavy atom. The maximum atomic E-state index is 12.7. The number of aromatic nitrogens is 3. The highest BCUT2D eigenvalue weighted by atomic mass is 35.5. The third-order valence-electron chi connectivity index (χ3n) is 5.65. The molecule has 3 aromatic carbocycles. The summed E-state index contributed by atoms with van der Waals surface area (Å²) >= 11 is 7.62. The summed E-state index contributed by atoms with van der Waals surface area (Å²) in [5, 5.41) is 15.4. The number of nitrogens with one attached hydrogen (secondary N) is 2. The van der Waals surface area contributed by atoms with Gasteiger partial charge in [0.2, 0.25) is 5.91 Å². The molecule has 0 saturated carbocycles. The van der Waals surface area contributed by atoms with E-state index < -0.39 is 0 Å². The molecule has 2 amide bonds. The number of ether oxygens (including phenoxy) is 2. The Balaban J connectivity index is 1.51. The first-order valence-electron chi connectivity index (χ1n) is 11.6. The molecule has 0 unspecified atom stereocenters. The van der Waals surface area contributed by atoms with Crippen LogP contribution in [0.4, 0.5) is 5.69 Å². The van der Waals surface area contributed by atoms with Gasteiger partial charge in [-0.25, -0.2) is 0 Å². The summed E-state index contributed by atoms with van der Waals surface area (Å²) in [5.41, 5.74) is 2.72. The van der Waals surface area contributed by atoms with E-state index in [1.807, 2.05) is 19.1 Å². The van der Waals surface area contributed by atoms with Crippen LogP contribution in [0.2, 0.25) is 5.02 Å². The van der Waals surface area contributed by atoms with Crippen LogP contribution in [0.25, 0.3) is 5.69 Å². The van der Waals surface area contributed by atoms with Crippen molar-refractivity contribution in [3.05, 3.63) is 88.7 Å². The number of carbonyl (C=O) groups excluding carboxylic acids is 2. The molecule has 196 valence electrons. The molecule has 1 heterocycles. The van der Waals surface area contributed by atoms with Crippen LogP contribution in [0.15, 0.2) is 71.9 Å². The number of thioether (sulfide) groups is 1. The zero-order valence-electron chi connectivity index (χ0n) is 21.0. The molecule has 0 saturated heterocycles. The maximum Gasteiger partial charge on any atom is 0.251 e. The van der Waals surface area contributed by atoms with Crippen molar-refractivity contribution < 1.29 is 19.1 Å². The van der Waals surface area contributed by atoms with Crippen molar-refractivity contribution >= 4 is 40.9 Å². The lowest BCUT2D eigenvalue weighted by Gasteiger charge is -2.14. The predicted molar refractivity (Wildman–Crippen MR) is 148 cm³/mol. The lowest BCUT2D eigenvalue weighted by molar-refractivity contribution is -0.113. The minimum atomic E-state index is -0.266. The largest absolute Gasteiger partial charge is 0.497 e. The average Bonchev–Trinajstić information content (AvgIpc) is 3.35. The van der Waals surface area contributed by atoms with Crippen LogP contribution in [0.5, 0.6) is 11.5 Å². The van der Waals surface area contributed by atoms with Gasteiger partial charge >= 0.3 is 0 Å². The van der Waals surface area contributed by atoms with Crippen LogP contribution in [0.1, 0.15) is 21.7 Å². The van der Waals surface area contributed by atoms with Crippen molar-refractivity contribution in [1.82, 2.24) is 20.1 Å². The Bertz CT molecular complexity index is 1420. The number of benzene rings is 3. The number of halogens is 1. The second-order valence-electron chi connectivity index (χ2n) is 8.09. The van der Waals surface area contributed by atoms with E-state index in [1.54, 1.807) is 73.4 Å². The molecule has 9 nitrogen and oxygen atoms in total. The van der Waals surface area contributed by atoms with Gasteiger partial charge in [-0.05, 0) is 73.2 Å². The zero-order chi connectivity index (χ0) is 27.1. The molecule has 0 fully saturated rings. The average molecular weight is 552 g/mol. The Labute approximate surface area is 229 Å². The summed E-state index contributed by atoms with van der Waals surface area (Å²) < 4.78 is 12.1. The van der Waals surface area contributed by atoms with Crippen LogP contribution in [-0.2, 0) is 11.3 Å². The van der Waals surface area contributed by atoms with Gasteiger partial charge in [-0.2, -0.15) is 0 Å². The van der Waals surface area contributed by atoms with E-state index in [2.05, 4.69) is 20.8 Å². The number of rotatable bonds is 10. The number of hydrogen-bond acceptors (Lipinski definition) is 7. The molecule has 0 spiro atoms. The first kappa shape index (κ1) is 27.0. The number of nitrogens with zero attached hydrogens (tertiary/aromatic N) is 3. The highest BCUT2D eigenvalue weighted by Gasteiger charge is 2.19. The molecular formula is C27H26ClN5O4S. The van der Waals surface area contributed by atoms with Crippen molar-refractivity contribution in [3.8, 4) is 17.2 Å². The topological polar surface area (TPSA) is 107 Å².